The molecule has 0 fully saturated rings. The third kappa shape index (κ3) is 3.17. The first-order valence-corrected chi connectivity index (χ1v) is 3.93. The van der Waals surface area contributed by atoms with Crippen LogP contribution in [0.4, 0.5) is 0 Å². The molecule has 1 aromatic rings. The molecule has 2 nitrogen and oxygen atoms in total. The molecule has 13 heavy (non-hydrogen) atoms. The summed E-state index contributed by atoms with van der Waals surface area (Å²) in [4.78, 5) is 11.6. The van der Waals surface area contributed by atoms with Crippen LogP contribution in [0.1, 0.15) is 10.4 Å². The lowest BCUT2D eigenvalue weighted by atomic mass is 10.2. The summed E-state index contributed by atoms with van der Waals surface area (Å²) in [7, 11) is 5.61. The topological polar surface area (TPSA) is 17.1 Å². The van der Waals surface area contributed by atoms with Crippen LogP contribution in [0.3, 0.4) is 0 Å². The van der Waals surface area contributed by atoms with E-state index in [1.54, 1.807) is 0 Å². The molecular weight excluding hydrogens is 186 g/mol. The molecule has 0 radical (unpaired) electrons. The lowest BCUT2D eigenvalue weighted by Crippen LogP contribution is -3.00. The van der Waals surface area contributed by atoms with Gasteiger partial charge in [-0.3, -0.25) is 4.48 Å². The molecule has 3 heteroatoms. The summed E-state index contributed by atoms with van der Waals surface area (Å²) in [5.41, 5.74) is 0.769. The highest BCUT2D eigenvalue weighted by atomic mass is 35.5. The molecular formula is C10H14ClNO. The largest absolute Gasteiger partial charge is 1.00 e. The van der Waals surface area contributed by atoms with Crippen molar-refractivity contribution in [1.82, 2.24) is 0 Å². The average Bonchev–Trinajstić information content (AvgIpc) is 2.03. The van der Waals surface area contributed by atoms with Crippen LogP contribution >= 0.6 is 0 Å². The normalized spacial score (nSPS) is 10.4. The van der Waals surface area contributed by atoms with Crippen LogP contribution in [-0.4, -0.2) is 31.5 Å². The Kier molecular flexibility index (Phi) is 4.11. The van der Waals surface area contributed by atoms with Gasteiger partial charge in [0.05, 0.1) is 26.7 Å². The zero-order valence-electron chi connectivity index (χ0n) is 8.12. The maximum Gasteiger partial charge on any atom is 0.345 e. The Hall–Kier alpha value is -0.860. The second kappa shape index (κ2) is 4.40. The number of benzene rings is 1. The van der Waals surface area contributed by atoms with E-state index in [0.717, 1.165) is 5.56 Å². The number of quaternary nitrogens is 1. The predicted octanol–water partition coefficient (Wildman–Crippen LogP) is -1.46. The zero-order valence-corrected chi connectivity index (χ0v) is 8.88. The first kappa shape index (κ1) is 12.1. The van der Waals surface area contributed by atoms with Gasteiger partial charge in [-0.05, 0) is 12.1 Å². The van der Waals surface area contributed by atoms with Crippen molar-refractivity contribution in [3.05, 3.63) is 35.9 Å². The van der Waals surface area contributed by atoms with Crippen molar-refractivity contribution in [2.45, 2.75) is 0 Å². The van der Waals surface area contributed by atoms with Crippen LogP contribution in [0.2, 0.25) is 0 Å². The van der Waals surface area contributed by atoms with E-state index >= 15 is 0 Å². The number of hydrogen-bond acceptors (Lipinski definition) is 1. The van der Waals surface area contributed by atoms with E-state index in [0.29, 0.717) is 4.48 Å². The highest BCUT2D eigenvalue weighted by molar-refractivity contribution is 5.88. The Bertz CT molecular complexity index is 277. The van der Waals surface area contributed by atoms with Gasteiger partial charge in [0.25, 0.3) is 0 Å². The Morgan fingerprint density at radius 1 is 1.08 bits per heavy atom. The summed E-state index contributed by atoms with van der Waals surface area (Å²) in [5, 5.41) is 0. The van der Waals surface area contributed by atoms with Gasteiger partial charge in [0.15, 0.2) is 0 Å². The summed E-state index contributed by atoms with van der Waals surface area (Å²) in [6.07, 6.45) is 0. The molecule has 0 N–H and O–H groups in total. The fourth-order valence-electron chi connectivity index (χ4n) is 0.968. The van der Waals surface area contributed by atoms with Crippen LogP contribution in [-0.2, 0) is 0 Å². The number of carbonyl (C=O) groups is 1. The van der Waals surface area contributed by atoms with Crippen molar-refractivity contribution in [3.8, 4) is 0 Å². The smallest absolute Gasteiger partial charge is 0.345 e. The molecule has 0 bridgehead atoms. The Labute approximate surface area is 85.2 Å². The zero-order chi connectivity index (χ0) is 9.19. The maximum atomic E-state index is 11.6. The van der Waals surface area contributed by atoms with E-state index in [1.165, 1.54) is 0 Å². The van der Waals surface area contributed by atoms with Gasteiger partial charge < -0.3 is 12.4 Å². The average molecular weight is 200 g/mol. The van der Waals surface area contributed by atoms with Gasteiger partial charge in [-0.2, -0.15) is 0 Å². The fourth-order valence-corrected chi connectivity index (χ4v) is 0.968. The monoisotopic (exact) mass is 199 g/mol. The van der Waals surface area contributed by atoms with E-state index in [9.17, 15) is 4.79 Å². The van der Waals surface area contributed by atoms with Crippen molar-refractivity contribution < 1.29 is 21.7 Å². The van der Waals surface area contributed by atoms with Gasteiger partial charge in [-0.1, -0.05) is 18.2 Å². The highest BCUT2D eigenvalue weighted by Gasteiger charge is 2.21. The van der Waals surface area contributed by atoms with E-state index in [2.05, 4.69) is 0 Å². The van der Waals surface area contributed by atoms with Gasteiger partial charge in [0.1, 0.15) is 0 Å². The van der Waals surface area contributed by atoms with Crippen molar-refractivity contribution in [1.29, 1.82) is 0 Å². The lowest BCUT2D eigenvalue weighted by molar-refractivity contribution is -0.785. The molecule has 0 saturated carbocycles. The maximum absolute atomic E-state index is 11.6. The Morgan fingerprint density at radius 3 is 1.92 bits per heavy atom. The molecule has 0 aliphatic heterocycles. The first-order valence-electron chi connectivity index (χ1n) is 3.93. The summed E-state index contributed by atoms with van der Waals surface area (Å²) >= 11 is 0. The molecule has 0 aromatic heterocycles. The van der Waals surface area contributed by atoms with Gasteiger partial charge >= 0.3 is 5.91 Å². The number of rotatable bonds is 1. The van der Waals surface area contributed by atoms with E-state index in [4.69, 9.17) is 0 Å². The fraction of sp³-hybridized carbons (Fsp3) is 0.300. The quantitative estimate of drug-likeness (QED) is 0.506. The Balaban J connectivity index is 0.00000144. The van der Waals surface area contributed by atoms with Crippen LogP contribution in [0.25, 0.3) is 0 Å². The number of nitrogens with zero attached hydrogens (tertiary/aromatic N) is 1. The van der Waals surface area contributed by atoms with Crippen LogP contribution in [0.15, 0.2) is 30.3 Å². The third-order valence-electron chi connectivity index (χ3n) is 1.63. The van der Waals surface area contributed by atoms with Crippen LogP contribution in [0.5, 0.6) is 0 Å². The molecule has 0 spiro atoms. The second-order valence-corrected chi connectivity index (χ2v) is 3.68. The number of hydrogen-bond donors (Lipinski definition) is 0. The van der Waals surface area contributed by atoms with Gasteiger partial charge in [0, 0.05) is 0 Å². The number of amides is 1. The van der Waals surface area contributed by atoms with E-state index < -0.39 is 0 Å². The van der Waals surface area contributed by atoms with Crippen molar-refractivity contribution in [2.75, 3.05) is 21.1 Å². The molecule has 0 atom stereocenters. The minimum Gasteiger partial charge on any atom is -1.00 e. The number of halogens is 1. The number of carbonyl (C=O) groups excluding carboxylic acids is 1. The summed E-state index contributed by atoms with van der Waals surface area (Å²) < 4.78 is 0.337. The summed E-state index contributed by atoms with van der Waals surface area (Å²) in [5.74, 6) is 0.135. The van der Waals surface area contributed by atoms with Crippen molar-refractivity contribution in [3.63, 3.8) is 0 Å². The minimum absolute atomic E-state index is 0. The lowest BCUT2D eigenvalue weighted by Gasteiger charge is -2.20. The van der Waals surface area contributed by atoms with E-state index in [-0.39, 0.29) is 18.3 Å². The summed E-state index contributed by atoms with van der Waals surface area (Å²) in [6, 6.07) is 9.34. The molecule has 0 aliphatic carbocycles. The Morgan fingerprint density at radius 2 is 1.54 bits per heavy atom. The standard InChI is InChI=1S/C10H14NO.ClH/c1-11(2,3)10(12)9-7-5-4-6-8-9;/h4-8H,1-3H3;1H/q+1;/p-1. The van der Waals surface area contributed by atoms with Crippen LogP contribution in [0, 0.1) is 0 Å². The third-order valence-corrected chi connectivity index (χ3v) is 1.63. The van der Waals surface area contributed by atoms with Crippen molar-refractivity contribution >= 4 is 5.91 Å². The highest BCUT2D eigenvalue weighted by Crippen LogP contribution is 2.05. The molecule has 0 heterocycles. The predicted molar refractivity (Wildman–Crippen MR) is 48.8 cm³/mol. The van der Waals surface area contributed by atoms with Gasteiger partial charge in [-0.25, -0.2) is 4.79 Å². The van der Waals surface area contributed by atoms with Gasteiger partial charge in [-0.15, -0.1) is 0 Å². The van der Waals surface area contributed by atoms with Gasteiger partial charge in [0.2, 0.25) is 0 Å². The molecule has 1 rings (SSSR count). The molecule has 1 aromatic carbocycles. The molecule has 1 amide bonds. The minimum atomic E-state index is 0. The summed E-state index contributed by atoms with van der Waals surface area (Å²) in [6.45, 7) is 0. The first-order chi connectivity index (χ1) is 5.52. The molecule has 0 unspecified atom stereocenters. The molecule has 72 valence electrons. The SMILES string of the molecule is C[N+](C)(C)C(=O)c1ccccc1.[Cl-]. The second-order valence-electron chi connectivity index (χ2n) is 3.68. The van der Waals surface area contributed by atoms with E-state index in [1.807, 2.05) is 51.5 Å². The van der Waals surface area contributed by atoms with Crippen molar-refractivity contribution in [2.24, 2.45) is 0 Å². The molecule has 0 saturated heterocycles. The molecule has 0 aliphatic rings. The van der Waals surface area contributed by atoms with Crippen LogP contribution < -0.4 is 12.4 Å².